The van der Waals surface area contributed by atoms with Crippen LogP contribution < -0.4 is 0 Å². The van der Waals surface area contributed by atoms with Crippen molar-refractivity contribution in [3.8, 4) is 0 Å². The Kier molecular flexibility index (Phi) is 1.40. The topological polar surface area (TPSA) is 0 Å². The predicted molar refractivity (Wildman–Crippen MR) is 57.9 cm³/mol. The van der Waals surface area contributed by atoms with E-state index in [4.69, 9.17) is 0 Å². The molecule has 0 heterocycles. The predicted octanol–water partition coefficient (Wildman–Crippen LogP) is 3.86. The standard InChI is InChI=1S/C14H22/c1-14(2-3-14)13-11-5-9-4-10(7-11)8-12(13)6-9/h9-13H,2-8H2,1H3. The van der Waals surface area contributed by atoms with Crippen LogP contribution in [0.1, 0.15) is 51.9 Å². The molecule has 4 bridgehead atoms. The van der Waals surface area contributed by atoms with Crippen LogP contribution in [0.25, 0.3) is 0 Å². The lowest BCUT2D eigenvalue weighted by molar-refractivity contribution is -0.0649. The lowest BCUT2D eigenvalue weighted by Gasteiger charge is -2.56. The Bertz CT molecular complexity index is 233. The van der Waals surface area contributed by atoms with Crippen LogP contribution in [0.3, 0.4) is 0 Å². The van der Waals surface area contributed by atoms with Crippen LogP contribution in [0.2, 0.25) is 0 Å². The van der Waals surface area contributed by atoms with Crippen molar-refractivity contribution >= 4 is 0 Å². The van der Waals surface area contributed by atoms with Crippen molar-refractivity contribution in [3.05, 3.63) is 0 Å². The fourth-order valence-electron chi connectivity index (χ4n) is 5.59. The van der Waals surface area contributed by atoms with Crippen LogP contribution in [0.5, 0.6) is 0 Å². The molecule has 5 fully saturated rings. The second-order valence-electron chi connectivity index (χ2n) is 7.11. The molecule has 0 N–H and O–H groups in total. The molecule has 0 saturated heterocycles. The van der Waals surface area contributed by atoms with Gasteiger partial charge in [0.25, 0.3) is 0 Å². The molecule has 14 heavy (non-hydrogen) atoms. The SMILES string of the molecule is CC1(C2C3CC4CC(C3)CC2C4)CC1. The first-order chi connectivity index (χ1) is 6.74. The summed E-state index contributed by atoms with van der Waals surface area (Å²) >= 11 is 0. The molecule has 0 unspecified atom stereocenters. The Morgan fingerprint density at radius 3 is 1.71 bits per heavy atom. The molecule has 0 radical (unpaired) electrons. The zero-order chi connectivity index (χ0) is 9.34. The molecule has 5 saturated carbocycles. The summed E-state index contributed by atoms with van der Waals surface area (Å²) in [6.07, 6.45) is 11.2. The Labute approximate surface area is 87.5 Å². The van der Waals surface area contributed by atoms with Gasteiger partial charge >= 0.3 is 0 Å². The van der Waals surface area contributed by atoms with Crippen molar-refractivity contribution in [2.45, 2.75) is 51.9 Å². The van der Waals surface area contributed by atoms with E-state index in [1.165, 1.54) is 11.8 Å². The van der Waals surface area contributed by atoms with Crippen LogP contribution in [-0.4, -0.2) is 0 Å². The molecular formula is C14H22. The van der Waals surface area contributed by atoms with E-state index in [1.807, 2.05) is 0 Å². The summed E-state index contributed by atoms with van der Waals surface area (Å²) in [7, 11) is 0. The van der Waals surface area contributed by atoms with Crippen molar-refractivity contribution in [2.75, 3.05) is 0 Å². The van der Waals surface area contributed by atoms with Crippen LogP contribution >= 0.6 is 0 Å². The summed E-state index contributed by atoms with van der Waals surface area (Å²) < 4.78 is 0. The minimum atomic E-state index is 0.822. The first-order valence-corrected chi connectivity index (χ1v) is 6.74. The van der Waals surface area contributed by atoms with E-state index < -0.39 is 0 Å². The van der Waals surface area contributed by atoms with Crippen molar-refractivity contribution in [2.24, 2.45) is 35.0 Å². The van der Waals surface area contributed by atoms with Gasteiger partial charge in [0, 0.05) is 0 Å². The van der Waals surface area contributed by atoms with Crippen LogP contribution in [0.4, 0.5) is 0 Å². The van der Waals surface area contributed by atoms with Gasteiger partial charge in [-0.1, -0.05) is 6.92 Å². The molecule has 0 heteroatoms. The molecule has 0 nitrogen and oxygen atoms in total. The fourth-order valence-corrected chi connectivity index (χ4v) is 5.59. The second-order valence-corrected chi connectivity index (χ2v) is 7.11. The van der Waals surface area contributed by atoms with Gasteiger partial charge in [-0.2, -0.15) is 0 Å². The molecule has 0 aromatic rings. The maximum absolute atomic E-state index is 2.58. The van der Waals surface area contributed by atoms with Crippen molar-refractivity contribution in [1.82, 2.24) is 0 Å². The van der Waals surface area contributed by atoms with E-state index in [0.717, 1.165) is 23.2 Å². The van der Waals surface area contributed by atoms with Gasteiger partial charge in [0.2, 0.25) is 0 Å². The third kappa shape index (κ3) is 0.955. The molecule has 0 spiro atoms. The highest BCUT2D eigenvalue weighted by Gasteiger charge is 2.57. The quantitative estimate of drug-likeness (QED) is 0.589. The maximum Gasteiger partial charge on any atom is -0.0292 e. The smallest absolute Gasteiger partial charge is 0.0292 e. The maximum atomic E-state index is 2.58. The van der Waals surface area contributed by atoms with Gasteiger partial charge in [0.15, 0.2) is 0 Å². The normalized spacial score (nSPS) is 57.6. The number of hydrogen-bond donors (Lipinski definition) is 0. The van der Waals surface area contributed by atoms with Gasteiger partial charge in [0.05, 0.1) is 0 Å². The lowest BCUT2D eigenvalue weighted by Crippen LogP contribution is -2.47. The van der Waals surface area contributed by atoms with Crippen LogP contribution in [0.15, 0.2) is 0 Å². The first-order valence-electron chi connectivity index (χ1n) is 6.74. The molecule has 5 aliphatic rings. The molecule has 5 aliphatic carbocycles. The minimum absolute atomic E-state index is 0.822. The third-order valence-electron chi connectivity index (χ3n) is 6.07. The average molecular weight is 190 g/mol. The highest BCUT2D eigenvalue weighted by molar-refractivity contribution is 5.07. The largest absolute Gasteiger partial charge is 0.0594 e. The van der Waals surface area contributed by atoms with E-state index in [0.29, 0.717) is 0 Å². The highest BCUT2D eigenvalue weighted by atomic mass is 14.6. The van der Waals surface area contributed by atoms with Crippen LogP contribution in [0, 0.1) is 35.0 Å². The van der Waals surface area contributed by atoms with Gasteiger partial charge < -0.3 is 0 Å². The van der Waals surface area contributed by atoms with Gasteiger partial charge in [-0.15, -0.1) is 0 Å². The highest BCUT2D eigenvalue weighted by Crippen LogP contribution is 2.66. The summed E-state index contributed by atoms with van der Waals surface area (Å²) in [6.45, 7) is 2.58. The Morgan fingerprint density at radius 2 is 1.29 bits per heavy atom. The summed E-state index contributed by atoms with van der Waals surface area (Å²) in [5.41, 5.74) is 0.822. The van der Waals surface area contributed by atoms with E-state index in [1.54, 1.807) is 44.9 Å². The second kappa shape index (κ2) is 2.39. The zero-order valence-corrected chi connectivity index (χ0v) is 9.34. The molecule has 0 aliphatic heterocycles. The fraction of sp³-hybridized carbons (Fsp3) is 1.00. The molecule has 0 atom stereocenters. The molecule has 5 rings (SSSR count). The monoisotopic (exact) mass is 190 g/mol. The summed E-state index contributed by atoms with van der Waals surface area (Å²) in [6, 6.07) is 0. The molecule has 0 aromatic heterocycles. The van der Waals surface area contributed by atoms with Gasteiger partial charge in [-0.3, -0.25) is 0 Å². The van der Waals surface area contributed by atoms with E-state index in [2.05, 4.69) is 6.92 Å². The third-order valence-corrected chi connectivity index (χ3v) is 6.07. The number of rotatable bonds is 1. The Balaban J connectivity index is 1.68. The van der Waals surface area contributed by atoms with E-state index in [-0.39, 0.29) is 0 Å². The summed E-state index contributed by atoms with van der Waals surface area (Å²) in [5, 5.41) is 0. The van der Waals surface area contributed by atoms with Gasteiger partial charge in [-0.25, -0.2) is 0 Å². The lowest BCUT2D eigenvalue weighted by atomic mass is 9.49. The molecular weight excluding hydrogens is 168 g/mol. The van der Waals surface area contributed by atoms with Crippen LogP contribution in [-0.2, 0) is 0 Å². The molecule has 0 amide bonds. The summed E-state index contributed by atoms with van der Waals surface area (Å²) in [5.74, 6) is 5.82. The van der Waals surface area contributed by atoms with Gasteiger partial charge in [-0.05, 0) is 80.0 Å². The molecule has 0 aromatic carbocycles. The molecule has 78 valence electrons. The van der Waals surface area contributed by atoms with E-state index in [9.17, 15) is 0 Å². The average Bonchev–Trinajstić information content (AvgIpc) is 2.81. The van der Waals surface area contributed by atoms with Gasteiger partial charge in [0.1, 0.15) is 0 Å². The Hall–Kier alpha value is 0. The first kappa shape index (κ1) is 8.19. The van der Waals surface area contributed by atoms with E-state index >= 15 is 0 Å². The zero-order valence-electron chi connectivity index (χ0n) is 9.34. The van der Waals surface area contributed by atoms with Crippen molar-refractivity contribution < 1.29 is 0 Å². The van der Waals surface area contributed by atoms with Crippen molar-refractivity contribution in [1.29, 1.82) is 0 Å². The van der Waals surface area contributed by atoms with Crippen molar-refractivity contribution in [3.63, 3.8) is 0 Å². The summed E-state index contributed by atoms with van der Waals surface area (Å²) in [4.78, 5) is 0. The Morgan fingerprint density at radius 1 is 0.786 bits per heavy atom. The number of hydrogen-bond acceptors (Lipinski definition) is 0. The minimum Gasteiger partial charge on any atom is -0.0594 e.